The average molecular weight is 399 g/mol. The highest BCUT2D eigenvalue weighted by Gasteiger charge is 2.25. The minimum absolute atomic E-state index is 0.293. The van der Waals surface area contributed by atoms with Crippen LogP contribution in [-0.2, 0) is 13.5 Å². The van der Waals surface area contributed by atoms with Gasteiger partial charge in [-0.05, 0) is 74.7 Å². The Morgan fingerprint density at radius 2 is 2.07 bits per heavy atom. The number of nitrogens with zero attached hydrogens (tertiary/aromatic N) is 4. The van der Waals surface area contributed by atoms with Gasteiger partial charge in [0.25, 0.3) is 0 Å². The molecule has 0 radical (unpaired) electrons. The Labute approximate surface area is 173 Å². The summed E-state index contributed by atoms with van der Waals surface area (Å²) >= 11 is 0. The number of aryl methyl sites for hydroxylation is 1. The molecule has 4 rings (SSSR count). The van der Waals surface area contributed by atoms with Crippen molar-refractivity contribution >= 4 is 11.9 Å². The number of aromatic nitrogens is 3. The molecule has 2 aromatic rings. The summed E-state index contributed by atoms with van der Waals surface area (Å²) in [7, 11) is 1.83. The number of piperidine rings is 1. The van der Waals surface area contributed by atoms with Crippen LogP contribution in [-0.4, -0.2) is 52.5 Å². The molecular formula is C22H34N6O. The molecule has 1 aromatic heterocycles. The van der Waals surface area contributed by atoms with Gasteiger partial charge in [-0.15, -0.1) is 5.10 Å². The van der Waals surface area contributed by atoms with Gasteiger partial charge < -0.3 is 20.7 Å². The van der Waals surface area contributed by atoms with E-state index in [4.69, 9.17) is 10.5 Å². The Bertz CT molecular complexity index is 799. The van der Waals surface area contributed by atoms with Crippen molar-refractivity contribution < 1.29 is 4.74 Å². The second-order valence-electron chi connectivity index (χ2n) is 8.32. The highest BCUT2D eigenvalue weighted by Crippen LogP contribution is 2.37. The number of nitrogens with one attached hydrogen (secondary N) is 1. The Hall–Kier alpha value is -2.28. The molecule has 1 aliphatic heterocycles. The molecule has 1 atom stereocenters. The van der Waals surface area contributed by atoms with E-state index in [1.807, 2.05) is 7.05 Å². The number of hydrogen-bond acceptors (Lipinski definition) is 6. The number of likely N-dealkylation sites (tertiary alicyclic amines) is 1. The fourth-order valence-electron chi connectivity index (χ4n) is 4.70. The molecule has 0 amide bonds. The third-order valence-electron chi connectivity index (χ3n) is 6.16. The molecule has 7 heteroatoms. The number of hydrogen-bond donors (Lipinski definition) is 2. The van der Waals surface area contributed by atoms with Crippen LogP contribution in [0.15, 0.2) is 18.2 Å². The van der Waals surface area contributed by atoms with Gasteiger partial charge in [0.05, 0.1) is 6.61 Å². The van der Waals surface area contributed by atoms with Crippen molar-refractivity contribution in [2.45, 2.75) is 50.9 Å². The summed E-state index contributed by atoms with van der Waals surface area (Å²) in [6, 6.07) is 6.64. The summed E-state index contributed by atoms with van der Waals surface area (Å²) in [5, 5.41) is 7.30. The molecule has 0 saturated carbocycles. The Kier molecular flexibility index (Phi) is 6.54. The number of nitrogen functional groups attached to an aromatic ring is 1. The van der Waals surface area contributed by atoms with Gasteiger partial charge in [0.1, 0.15) is 5.75 Å². The van der Waals surface area contributed by atoms with E-state index in [1.54, 1.807) is 4.68 Å². The first-order valence-electron chi connectivity index (χ1n) is 11.1. The zero-order chi connectivity index (χ0) is 20.1. The Balaban J connectivity index is 1.30. The standard InChI is InChI=1S/C22H34N6O/c1-27-22(25-21(23)26-27)24-12-7-15-29-20-11-6-9-18-17(8-5-10-19(18)20)16-28-13-3-2-4-14-28/h6,9,11,17H,2-5,7-8,10,12-16H2,1H3,(H3,23,24,25,26). The zero-order valence-electron chi connectivity index (χ0n) is 17.6. The van der Waals surface area contributed by atoms with Gasteiger partial charge in [-0.3, -0.25) is 0 Å². The lowest BCUT2D eigenvalue weighted by Crippen LogP contribution is -2.34. The smallest absolute Gasteiger partial charge is 0.241 e. The van der Waals surface area contributed by atoms with Crippen molar-refractivity contribution in [1.82, 2.24) is 19.7 Å². The van der Waals surface area contributed by atoms with Gasteiger partial charge >= 0.3 is 0 Å². The molecule has 0 bridgehead atoms. The predicted molar refractivity (Wildman–Crippen MR) is 116 cm³/mol. The molecular weight excluding hydrogens is 364 g/mol. The highest BCUT2D eigenvalue weighted by molar-refractivity contribution is 5.44. The SMILES string of the molecule is Cn1nc(N)nc1NCCCOc1cccc2c1CCCC2CN1CCCCC1. The second-order valence-corrected chi connectivity index (χ2v) is 8.32. The molecule has 1 saturated heterocycles. The van der Waals surface area contributed by atoms with Crippen LogP contribution >= 0.6 is 0 Å². The van der Waals surface area contributed by atoms with E-state index in [0.717, 1.165) is 25.1 Å². The van der Waals surface area contributed by atoms with E-state index in [0.29, 0.717) is 24.4 Å². The fourth-order valence-corrected chi connectivity index (χ4v) is 4.70. The summed E-state index contributed by atoms with van der Waals surface area (Å²) in [6.45, 7) is 5.21. The van der Waals surface area contributed by atoms with Gasteiger partial charge in [-0.2, -0.15) is 4.98 Å². The molecule has 29 heavy (non-hydrogen) atoms. The van der Waals surface area contributed by atoms with E-state index in [9.17, 15) is 0 Å². The van der Waals surface area contributed by atoms with Crippen LogP contribution in [0.2, 0.25) is 0 Å². The van der Waals surface area contributed by atoms with Crippen LogP contribution < -0.4 is 15.8 Å². The lowest BCUT2D eigenvalue weighted by Gasteiger charge is -2.34. The molecule has 2 heterocycles. The lowest BCUT2D eigenvalue weighted by atomic mass is 9.82. The van der Waals surface area contributed by atoms with E-state index >= 15 is 0 Å². The van der Waals surface area contributed by atoms with Crippen LogP contribution in [0.5, 0.6) is 5.75 Å². The van der Waals surface area contributed by atoms with Crippen LogP contribution in [0, 0.1) is 0 Å². The van der Waals surface area contributed by atoms with Crippen LogP contribution in [0.4, 0.5) is 11.9 Å². The maximum atomic E-state index is 6.19. The van der Waals surface area contributed by atoms with E-state index < -0.39 is 0 Å². The van der Waals surface area contributed by atoms with Crippen molar-refractivity contribution in [1.29, 1.82) is 0 Å². The van der Waals surface area contributed by atoms with E-state index in [1.165, 1.54) is 62.9 Å². The topological polar surface area (TPSA) is 81.2 Å². The molecule has 158 valence electrons. The first-order valence-corrected chi connectivity index (χ1v) is 11.1. The monoisotopic (exact) mass is 398 g/mol. The quantitative estimate of drug-likeness (QED) is 0.665. The van der Waals surface area contributed by atoms with Crippen LogP contribution in [0.25, 0.3) is 0 Å². The number of fused-ring (bicyclic) bond motifs is 1. The third kappa shape index (κ3) is 5.01. The fraction of sp³-hybridized carbons (Fsp3) is 0.636. The maximum Gasteiger partial charge on any atom is 0.241 e. The minimum atomic E-state index is 0.293. The molecule has 1 aromatic carbocycles. The maximum absolute atomic E-state index is 6.19. The number of nitrogens with two attached hydrogens (primary N) is 1. The van der Waals surface area contributed by atoms with Gasteiger partial charge in [0.15, 0.2) is 0 Å². The second kappa shape index (κ2) is 9.48. The third-order valence-corrected chi connectivity index (χ3v) is 6.16. The minimum Gasteiger partial charge on any atom is -0.493 e. The highest BCUT2D eigenvalue weighted by atomic mass is 16.5. The average Bonchev–Trinajstić information content (AvgIpc) is 3.06. The van der Waals surface area contributed by atoms with Crippen molar-refractivity contribution in [2.75, 3.05) is 43.8 Å². The zero-order valence-corrected chi connectivity index (χ0v) is 17.6. The summed E-state index contributed by atoms with van der Waals surface area (Å²) in [5.74, 6) is 2.72. The molecule has 3 N–H and O–H groups in total. The summed E-state index contributed by atoms with van der Waals surface area (Å²) in [6.07, 6.45) is 8.72. The number of benzene rings is 1. The molecule has 1 aliphatic carbocycles. The van der Waals surface area contributed by atoms with Gasteiger partial charge in [0.2, 0.25) is 11.9 Å². The van der Waals surface area contributed by atoms with E-state index in [2.05, 4.69) is 38.5 Å². The van der Waals surface area contributed by atoms with Crippen LogP contribution in [0.1, 0.15) is 55.6 Å². The largest absolute Gasteiger partial charge is 0.493 e. The summed E-state index contributed by atoms with van der Waals surface area (Å²) in [5.41, 5.74) is 8.57. The summed E-state index contributed by atoms with van der Waals surface area (Å²) < 4.78 is 7.85. The molecule has 0 spiro atoms. The normalized spacial score (nSPS) is 19.7. The molecule has 1 unspecified atom stereocenters. The number of ether oxygens (including phenoxy) is 1. The van der Waals surface area contributed by atoms with Crippen molar-refractivity contribution in [3.8, 4) is 5.75 Å². The van der Waals surface area contributed by atoms with E-state index in [-0.39, 0.29) is 0 Å². The van der Waals surface area contributed by atoms with Crippen molar-refractivity contribution in [3.05, 3.63) is 29.3 Å². The van der Waals surface area contributed by atoms with Gasteiger partial charge in [0, 0.05) is 20.1 Å². The predicted octanol–water partition coefficient (Wildman–Crippen LogP) is 3.18. The van der Waals surface area contributed by atoms with Crippen LogP contribution in [0.3, 0.4) is 0 Å². The summed E-state index contributed by atoms with van der Waals surface area (Å²) in [4.78, 5) is 6.82. The molecule has 2 aliphatic rings. The Morgan fingerprint density at radius 1 is 1.21 bits per heavy atom. The first-order chi connectivity index (χ1) is 14.2. The van der Waals surface area contributed by atoms with Crippen molar-refractivity contribution in [3.63, 3.8) is 0 Å². The molecule has 1 fully saturated rings. The van der Waals surface area contributed by atoms with Gasteiger partial charge in [-0.25, -0.2) is 4.68 Å². The lowest BCUT2D eigenvalue weighted by molar-refractivity contribution is 0.209. The van der Waals surface area contributed by atoms with Gasteiger partial charge in [-0.1, -0.05) is 18.6 Å². The van der Waals surface area contributed by atoms with Crippen molar-refractivity contribution in [2.24, 2.45) is 7.05 Å². The first kappa shape index (κ1) is 20.0. The molecule has 7 nitrogen and oxygen atoms in total. The number of rotatable bonds is 8. The Morgan fingerprint density at radius 3 is 2.86 bits per heavy atom. The number of anilines is 2.